The number of aromatic nitrogens is 2. The number of para-hydroxylation sites is 2. The topological polar surface area (TPSA) is 69.8 Å². The number of nitrogens with zero attached hydrogens (tertiary/aromatic N) is 1. The summed E-state index contributed by atoms with van der Waals surface area (Å²) in [5, 5.41) is 6.43. The van der Waals surface area contributed by atoms with Gasteiger partial charge in [-0.3, -0.25) is 4.79 Å². The molecule has 0 radical (unpaired) electrons. The maximum atomic E-state index is 12.0. The van der Waals surface area contributed by atoms with Crippen LogP contribution in [0, 0.1) is 0 Å². The van der Waals surface area contributed by atoms with E-state index in [9.17, 15) is 4.79 Å². The summed E-state index contributed by atoms with van der Waals surface area (Å²) in [5.74, 6) is 1.45. The molecule has 0 fully saturated rings. The van der Waals surface area contributed by atoms with Gasteiger partial charge >= 0.3 is 0 Å². The van der Waals surface area contributed by atoms with E-state index in [1.807, 2.05) is 24.3 Å². The van der Waals surface area contributed by atoms with Gasteiger partial charge in [0.05, 0.1) is 22.0 Å². The minimum atomic E-state index is 0. The van der Waals surface area contributed by atoms with Gasteiger partial charge in [-0.25, -0.2) is 4.98 Å². The van der Waals surface area contributed by atoms with Crippen LogP contribution >= 0.6 is 24.2 Å². The molecule has 130 valence electrons. The summed E-state index contributed by atoms with van der Waals surface area (Å²) in [6.07, 6.45) is 3.18. The van der Waals surface area contributed by atoms with Crippen molar-refractivity contribution in [2.75, 3.05) is 25.4 Å². The molecule has 1 atom stereocenters. The number of fused-ring (bicyclic) bond motifs is 1. The largest absolute Gasteiger partial charge is 0.352 e. The first-order valence-electron chi connectivity index (χ1n) is 7.94. The molecule has 1 aromatic carbocycles. The highest BCUT2D eigenvalue weighted by Crippen LogP contribution is 2.27. The van der Waals surface area contributed by atoms with E-state index in [1.165, 1.54) is 5.57 Å². The van der Waals surface area contributed by atoms with Gasteiger partial charge in [0.2, 0.25) is 5.91 Å². The minimum absolute atomic E-state index is 0. The Morgan fingerprint density at radius 3 is 3.00 bits per heavy atom. The van der Waals surface area contributed by atoms with Crippen molar-refractivity contribution in [2.24, 2.45) is 0 Å². The average molecular weight is 367 g/mol. The predicted octanol–water partition coefficient (Wildman–Crippen LogP) is 2.81. The molecule has 1 unspecified atom stereocenters. The first-order chi connectivity index (χ1) is 11.2. The summed E-state index contributed by atoms with van der Waals surface area (Å²) in [4.78, 5) is 19.9. The number of imidazole rings is 1. The Morgan fingerprint density at radius 2 is 2.25 bits per heavy atom. The average Bonchev–Trinajstić information content (AvgIpc) is 3.03. The third kappa shape index (κ3) is 5.00. The zero-order chi connectivity index (χ0) is 16.1. The number of nitrogens with one attached hydrogen (secondary N) is 3. The normalized spacial score (nSPS) is 15.5. The molecule has 0 saturated carbocycles. The van der Waals surface area contributed by atoms with Crippen LogP contribution in [0.25, 0.3) is 11.0 Å². The standard InChI is InChI=1S/C17H22N4OS.ClH/c1-12(17-20-14-4-2-3-5-15(14)21-17)23-11-16(22)19-10-13-6-8-18-9-7-13;/h2-6,12,18H,7-11H2,1H3,(H,19,22)(H,20,21);1H. The molecule has 3 rings (SSSR count). The number of benzene rings is 1. The minimum Gasteiger partial charge on any atom is -0.352 e. The van der Waals surface area contributed by atoms with Crippen molar-refractivity contribution in [3.05, 3.63) is 41.7 Å². The molecule has 2 heterocycles. The second-order valence-electron chi connectivity index (χ2n) is 5.69. The molecule has 0 aliphatic carbocycles. The van der Waals surface area contributed by atoms with E-state index >= 15 is 0 Å². The van der Waals surface area contributed by atoms with Crippen LogP contribution < -0.4 is 10.6 Å². The van der Waals surface area contributed by atoms with Gasteiger partial charge in [-0.2, -0.15) is 0 Å². The molecular formula is C17H23ClN4OS. The quantitative estimate of drug-likeness (QED) is 0.687. The van der Waals surface area contributed by atoms with Gasteiger partial charge in [-0.05, 0) is 32.0 Å². The van der Waals surface area contributed by atoms with Crippen molar-refractivity contribution in [3.63, 3.8) is 0 Å². The number of aromatic amines is 1. The summed E-state index contributed by atoms with van der Waals surface area (Å²) in [6.45, 7) is 4.65. The molecule has 24 heavy (non-hydrogen) atoms. The Kier molecular flexibility index (Phi) is 7.15. The molecule has 2 aromatic rings. The number of hydrogen-bond donors (Lipinski definition) is 3. The molecule has 3 N–H and O–H groups in total. The van der Waals surface area contributed by atoms with Gasteiger partial charge < -0.3 is 15.6 Å². The van der Waals surface area contributed by atoms with E-state index < -0.39 is 0 Å². The van der Waals surface area contributed by atoms with Gasteiger partial charge in [0.1, 0.15) is 5.82 Å². The lowest BCUT2D eigenvalue weighted by Crippen LogP contribution is -2.30. The van der Waals surface area contributed by atoms with Crippen LogP contribution in [0.5, 0.6) is 0 Å². The van der Waals surface area contributed by atoms with E-state index in [1.54, 1.807) is 11.8 Å². The molecule has 1 aliphatic heterocycles. The van der Waals surface area contributed by atoms with Gasteiger partial charge in [0, 0.05) is 13.1 Å². The molecule has 0 bridgehead atoms. The Hall–Kier alpha value is -1.50. The van der Waals surface area contributed by atoms with Crippen LogP contribution in [-0.4, -0.2) is 41.3 Å². The smallest absolute Gasteiger partial charge is 0.230 e. The third-order valence-corrected chi connectivity index (χ3v) is 5.08. The number of carbonyl (C=O) groups excluding carboxylic acids is 1. The Balaban J connectivity index is 0.00000208. The van der Waals surface area contributed by atoms with E-state index in [4.69, 9.17) is 0 Å². The number of hydrogen-bond acceptors (Lipinski definition) is 4. The first-order valence-corrected chi connectivity index (χ1v) is 8.99. The SMILES string of the molecule is CC(SCC(=O)NCC1=CCNCC1)c1nc2ccccc2[nH]1.Cl. The molecule has 0 saturated heterocycles. The fourth-order valence-corrected chi connectivity index (χ4v) is 3.31. The van der Waals surface area contributed by atoms with Crippen LogP contribution in [-0.2, 0) is 4.79 Å². The number of H-pyrrole nitrogens is 1. The summed E-state index contributed by atoms with van der Waals surface area (Å²) >= 11 is 1.60. The number of carbonyl (C=O) groups is 1. The summed E-state index contributed by atoms with van der Waals surface area (Å²) in [7, 11) is 0. The molecule has 1 amide bonds. The number of halogens is 1. The lowest BCUT2D eigenvalue weighted by atomic mass is 10.1. The molecule has 1 aliphatic rings. The van der Waals surface area contributed by atoms with Crippen molar-refractivity contribution in [3.8, 4) is 0 Å². The maximum Gasteiger partial charge on any atom is 0.230 e. The van der Waals surface area contributed by atoms with Crippen LogP contribution in [0.4, 0.5) is 0 Å². The van der Waals surface area contributed by atoms with Crippen molar-refractivity contribution < 1.29 is 4.79 Å². The molecule has 1 aromatic heterocycles. The lowest BCUT2D eigenvalue weighted by Gasteiger charge is -2.15. The van der Waals surface area contributed by atoms with Gasteiger partial charge in [0.15, 0.2) is 0 Å². The molecule has 7 heteroatoms. The van der Waals surface area contributed by atoms with Crippen molar-refractivity contribution in [1.29, 1.82) is 0 Å². The van der Waals surface area contributed by atoms with Gasteiger partial charge in [0.25, 0.3) is 0 Å². The van der Waals surface area contributed by atoms with E-state index in [0.717, 1.165) is 36.4 Å². The van der Waals surface area contributed by atoms with Crippen LogP contribution in [0.2, 0.25) is 0 Å². The van der Waals surface area contributed by atoms with E-state index in [2.05, 4.69) is 33.6 Å². The first kappa shape index (κ1) is 18.8. The highest BCUT2D eigenvalue weighted by Gasteiger charge is 2.13. The van der Waals surface area contributed by atoms with Crippen molar-refractivity contribution in [1.82, 2.24) is 20.6 Å². The van der Waals surface area contributed by atoms with Gasteiger partial charge in [-0.15, -0.1) is 24.2 Å². The fraction of sp³-hybridized carbons (Fsp3) is 0.412. The fourth-order valence-electron chi connectivity index (χ4n) is 2.54. The maximum absolute atomic E-state index is 12.0. The second kappa shape index (κ2) is 9.11. The zero-order valence-corrected chi connectivity index (χ0v) is 15.3. The third-order valence-electron chi connectivity index (χ3n) is 3.93. The summed E-state index contributed by atoms with van der Waals surface area (Å²) < 4.78 is 0. The Bertz CT molecular complexity index is 682. The monoisotopic (exact) mass is 366 g/mol. The lowest BCUT2D eigenvalue weighted by molar-refractivity contribution is -0.118. The molecule has 0 spiro atoms. The summed E-state index contributed by atoms with van der Waals surface area (Å²) in [6, 6.07) is 7.98. The Morgan fingerprint density at radius 1 is 1.42 bits per heavy atom. The molecule has 5 nitrogen and oxygen atoms in total. The van der Waals surface area contributed by atoms with E-state index in [-0.39, 0.29) is 23.6 Å². The number of rotatable bonds is 6. The zero-order valence-electron chi connectivity index (χ0n) is 13.7. The van der Waals surface area contributed by atoms with Crippen molar-refractivity contribution >= 4 is 41.1 Å². The number of amides is 1. The van der Waals surface area contributed by atoms with E-state index in [0.29, 0.717) is 12.3 Å². The Labute approximate surface area is 152 Å². The number of thioether (sulfide) groups is 1. The summed E-state index contributed by atoms with van der Waals surface area (Å²) in [5.41, 5.74) is 3.32. The van der Waals surface area contributed by atoms with Crippen LogP contribution in [0.1, 0.15) is 24.4 Å². The van der Waals surface area contributed by atoms with Crippen molar-refractivity contribution in [2.45, 2.75) is 18.6 Å². The molecular weight excluding hydrogens is 344 g/mol. The highest BCUT2D eigenvalue weighted by atomic mass is 35.5. The highest BCUT2D eigenvalue weighted by molar-refractivity contribution is 8.00. The second-order valence-corrected chi connectivity index (χ2v) is 7.01. The van der Waals surface area contributed by atoms with Crippen LogP contribution in [0.3, 0.4) is 0 Å². The predicted molar refractivity (Wildman–Crippen MR) is 103 cm³/mol. The van der Waals surface area contributed by atoms with Crippen LogP contribution in [0.15, 0.2) is 35.9 Å². The van der Waals surface area contributed by atoms with Gasteiger partial charge in [-0.1, -0.05) is 23.8 Å².